The molecule has 0 bridgehead atoms. The molecule has 0 radical (unpaired) electrons. The van der Waals surface area contributed by atoms with Crippen molar-refractivity contribution in [1.29, 1.82) is 0 Å². The smallest absolute Gasteiger partial charge is 0.0546 e. The molecular formula is C7H12O. The third-order valence-electron chi connectivity index (χ3n) is 2.85. The van der Waals surface area contributed by atoms with E-state index in [0.717, 1.165) is 30.6 Å². The Kier molecular flexibility index (Phi) is 0.762. The number of aliphatic hydroxyl groups is 1. The maximum Gasteiger partial charge on any atom is 0.0546 e. The van der Waals surface area contributed by atoms with E-state index in [9.17, 15) is 0 Å². The fraction of sp³-hybridized carbons (Fsp3) is 1.00. The van der Waals surface area contributed by atoms with E-state index in [2.05, 4.69) is 6.92 Å². The maximum atomic E-state index is 9.05. The SMILES string of the molecule is CC1[C@H]2CC(O)C[C@@H]12. The highest BCUT2D eigenvalue weighted by atomic mass is 16.3. The molecule has 0 saturated heterocycles. The minimum absolute atomic E-state index is 0.0567. The minimum Gasteiger partial charge on any atom is -0.393 e. The van der Waals surface area contributed by atoms with Gasteiger partial charge in [0.1, 0.15) is 0 Å². The van der Waals surface area contributed by atoms with Crippen LogP contribution in [-0.4, -0.2) is 11.2 Å². The molecule has 1 heteroatoms. The van der Waals surface area contributed by atoms with Crippen molar-refractivity contribution >= 4 is 0 Å². The van der Waals surface area contributed by atoms with Crippen LogP contribution in [0.25, 0.3) is 0 Å². The summed E-state index contributed by atoms with van der Waals surface area (Å²) in [5.41, 5.74) is 0. The number of fused-ring (bicyclic) bond motifs is 1. The van der Waals surface area contributed by atoms with Crippen molar-refractivity contribution in [1.82, 2.24) is 0 Å². The van der Waals surface area contributed by atoms with E-state index in [0.29, 0.717) is 0 Å². The van der Waals surface area contributed by atoms with Gasteiger partial charge in [-0.3, -0.25) is 0 Å². The van der Waals surface area contributed by atoms with Crippen molar-refractivity contribution in [2.24, 2.45) is 17.8 Å². The average Bonchev–Trinajstić information content (AvgIpc) is 2.29. The highest BCUT2D eigenvalue weighted by Gasteiger charge is 2.52. The van der Waals surface area contributed by atoms with Crippen molar-refractivity contribution in [3.63, 3.8) is 0 Å². The third kappa shape index (κ3) is 0.455. The lowest BCUT2D eigenvalue weighted by Gasteiger charge is -2.02. The van der Waals surface area contributed by atoms with Crippen LogP contribution in [0.3, 0.4) is 0 Å². The van der Waals surface area contributed by atoms with Crippen LogP contribution in [0.4, 0.5) is 0 Å². The Hall–Kier alpha value is -0.0400. The molecule has 0 aromatic heterocycles. The van der Waals surface area contributed by atoms with Gasteiger partial charge in [0.2, 0.25) is 0 Å². The van der Waals surface area contributed by atoms with Crippen molar-refractivity contribution < 1.29 is 5.11 Å². The Labute approximate surface area is 49.7 Å². The molecule has 8 heavy (non-hydrogen) atoms. The summed E-state index contributed by atoms with van der Waals surface area (Å²) >= 11 is 0. The largest absolute Gasteiger partial charge is 0.393 e. The summed E-state index contributed by atoms with van der Waals surface area (Å²) < 4.78 is 0. The van der Waals surface area contributed by atoms with E-state index in [1.807, 2.05) is 0 Å². The topological polar surface area (TPSA) is 20.2 Å². The third-order valence-corrected chi connectivity index (χ3v) is 2.85. The Balaban J connectivity index is 2.00. The standard InChI is InChI=1S/C7H12O/c1-4-6-2-5(8)3-7(4)6/h4-8H,2-3H2,1H3/t4?,5?,6-,7+. The van der Waals surface area contributed by atoms with Crippen LogP contribution >= 0.6 is 0 Å². The summed E-state index contributed by atoms with van der Waals surface area (Å²) in [6, 6.07) is 0. The summed E-state index contributed by atoms with van der Waals surface area (Å²) in [5.74, 6) is 2.76. The highest BCUT2D eigenvalue weighted by Crippen LogP contribution is 2.56. The Morgan fingerprint density at radius 1 is 1.25 bits per heavy atom. The lowest BCUT2D eigenvalue weighted by Crippen LogP contribution is -2.03. The van der Waals surface area contributed by atoms with E-state index in [4.69, 9.17) is 5.11 Å². The minimum atomic E-state index is 0.0567. The second-order valence-corrected chi connectivity index (χ2v) is 3.31. The highest BCUT2D eigenvalue weighted by molar-refractivity contribution is 5.01. The molecule has 2 aliphatic rings. The molecule has 1 nitrogen and oxygen atoms in total. The van der Waals surface area contributed by atoms with E-state index < -0.39 is 0 Å². The number of hydrogen-bond donors (Lipinski definition) is 1. The van der Waals surface area contributed by atoms with Gasteiger partial charge in [-0.2, -0.15) is 0 Å². The first-order chi connectivity index (χ1) is 3.79. The number of rotatable bonds is 0. The first kappa shape index (κ1) is 4.80. The normalized spacial score (nSPS) is 60.8. The van der Waals surface area contributed by atoms with E-state index in [1.165, 1.54) is 0 Å². The second-order valence-electron chi connectivity index (χ2n) is 3.31. The van der Waals surface area contributed by atoms with Crippen molar-refractivity contribution in [2.45, 2.75) is 25.9 Å². The molecular weight excluding hydrogens is 100 g/mol. The lowest BCUT2D eigenvalue weighted by molar-refractivity contribution is 0.162. The molecule has 46 valence electrons. The van der Waals surface area contributed by atoms with Crippen LogP contribution < -0.4 is 0 Å². The zero-order valence-corrected chi connectivity index (χ0v) is 5.17. The number of aliphatic hydroxyl groups excluding tert-OH is 1. The quantitative estimate of drug-likeness (QED) is 0.496. The van der Waals surface area contributed by atoms with Crippen LogP contribution in [0.15, 0.2) is 0 Å². The Bertz CT molecular complexity index is 99.0. The Morgan fingerprint density at radius 3 is 2.12 bits per heavy atom. The Morgan fingerprint density at radius 2 is 1.75 bits per heavy atom. The van der Waals surface area contributed by atoms with E-state index in [1.54, 1.807) is 0 Å². The summed E-state index contributed by atoms with van der Waals surface area (Å²) in [4.78, 5) is 0. The van der Waals surface area contributed by atoms with Crippen LogP contribution in [0.5, 0.6) is 0 Å². The monoisotopic (exact) mass is 112 g/mol. The van der Waals surface area contributed by atoms with Crippen LogP contribution in [-0.2, 0) is 0 Å². The van der Waals surface area contributed by atoms with Crippen molar-refractivity contribution in [2.75, 3.05) is 0 Å². The molecule has 0 heterocycles. The van der Waals surface area contributed by atoms with Gasteiger partial charge in [0, 0.05) is 0 Å². The van der Waals surface area contributed by atoms with Crippen LogP contribution in [0.1, 0.15) is 19.8 Å². The summed E-state index contributed by atoms with van der Waals surface area (Å²) in [7, 11) is 0. The van der Waals surface area contributed by atoms with E-state index in [-0.39, 0.29) is 6.10 Å². The second kappa shape index (κ2) is 1.27. The van der Waals surface area contributed by atoms with Gasteiger partial charge in [0.05, 0.1) is 6.10 Å². The van der Waals surface area contributed by atoms with E-state index >= 15 is 0 Å². The molecule has 0 aromatic rings. The summed E-state index contributed by atoms with van der Waals surface area (Å²) in [6.07, 6.45) is 2.23. The zero-order chi connectivity index (χ0) is 5.72. The molecule has 2 rings (SSSR count). The molecule has 2 fully saturated rings. The molecule has 2 aliphatic carbocycles. The van der Waals surface area contributed by atoms with Crippen LogP contribution in [0, 0.1) is 17.8 Å². The van der Waals surface area contributed by atoms with Gasteiger partial charge in [-0.05, 0) is 30.6 Å². The van der Waals surface area contributed by atoms with Gasteiger partial charge in [-0.15, -0.1) is 0 Å². The fourth-order valence-corrected chi connectivity index (χ4v) is 2.14. The molecule has 4 atom stereocenters. The first-order valence-corrected chi connectivity index (χ1v) is 3.47. The van der Waals surface area contributed by atoms with Gasteiger partial charge in [-0.25, -0.2) is 0 Å². The van der Waals surface area contributed by atoms with Crippen LogP contribution in [0.2, 0.25) is 0 Å². The molecule has 2 saturated carbocycles. The number of hydrogen-bond acceptors (Lipinski definition) is 1. The molecule has 0 aromatic carbocycles. The summed E-state index contributed by atoms with van der Waals surface area (Å²) in [6.45, 7) is 2.29. The predicted molar refractivity (Wildman–Crippen MR) is 31.4 cm³/mol. The summed E-state index contributed by atoms with van der Waals surface area (Å²) in [5, 5.41) is 9.05. The van der Waals surface area contributed by atoms with Gasteiger partial charge < -0.3 is 5.11 Å². The van der Waals surface area contributed by atoms with Gasteiger partial charge in [-0.1, -0.05) is 6.92 Å². The zero-order valence-electron chi connectivity index (χ0n) is 5.17. The molecule has 0 amide bonds. The molecule has 0 spiro atoms. The average molecular weight is 112 g/mol. The van der Waals surface area contributed by atoms with Crippen molar-refractivity contribution in [3.05, 3.63) is 0 Å². The maximum absolute atomic E-state index is 9.05. The predicted octanol–water partition coefficient (Wildman–Crippen LogP) is 1.02. The molecule has 2 unspecified atom stereocenters. The molecule has 0 aliphatic heterocycles. The molecule has 1 N–H and O–H groups in total. The first-order valence-electron chi connectivity index (χ1n) is 3.47. The van der Waals surface area contributed by atoms with Gasteiger partial charge in [0.15, 0.2) is 0 Å². The fourth-order valence-electron chi connectivity index (χ4n) is 2.14. The van der Waals surface area contributed by atoms with Gasteiger partial charge >= 0.3 is 0 Å². The lowest BCUT2D eigenvalue weighted by atomic mass is 10.1. The van der Waals surface area contributed by atoms with Crippen molar-refractivity contribution in [3.8, 4) is 0 Å². The van der Waals surface area contributed by atoms with Gasteiger partial charge in [0.25, 0.3) is 0 Å².